The molecule has 3 unspecified atom stereocenters. The first-order valence-corrected chi connectivity index (χ1v) is 11.3. The molecule has 9 heteroatoms. The second kappa shape index (κ2) is 11.9. The van der Waals surface area contributed by atoms with E-state index in [0.29, 0.717) is 25.8 Å². The van der Waals surface area contributed by atoms with Crippen molar-refractivity contribution in [2.24, 2.45) is 5.73 Å². The maximum absolute atomic E-state index is 12.9. The summed E-state index contributed by atoms with van der Waals surface area (Å²) in [6, 6.07) is 15.8. The van der Waals surface area contributed by atoms with Crippen LogP contribution in [0, 0.1) is 0 Å². The number of rotatable bonds is 10. The Labute approximate surface area is 198 Å². The van der Waals surface area contributed by atoms with Gasteiger partial charge in [-0.3, -0.25) is 14.4 Å². The van der Waals surface area contributed by atoms with Gasteiger partial charge >= 0.3 is 5.97 Å². The molecule has 2 aromatic carbocycles. The summed E-state index contributed by atoms with van der Waals surface area (Å²) in [4.78, 5) is 50.9. The fraction of sp³-hybridized carbons (Fsp3) is 0.360. The lowest BCUT2D eigenvalue weighted by Gasteiger charge is -2.26. The van der Waals surface area contributed by atoms with E-state index >= 15 is 0 Å². The number of hydrogen-bond donors (Lipinski definition) is 4. The first-order valence-electron chi connectivity index (χ1n) is 11.3. The Morgan fingerprint density at radius 3 is 2.15 bits per heavy atom. The molecule has 1 fully saturated rings. The smallest absolute Gasteiger partial charge is 0.326 e. The first kappa shape index (κ1) is 24.9. The summed E-state index contributed by atoms with van der Waals surface area (Å²) in [5.41, 5.74) is 7.82. The number of aliphatic carboxylic acids is 1. The molecule has 3 amide bonds. The highest BCUT2D eigenvalue weighted by atomic mass is 16.4. The van der Waals surface area contributed by atoms with Crippen LogP contribution in [0.25, 0.3) is 0 Å². The van der Waals surface area contributed by atoms with Gasteiger partial charge < -0.3 is 26.4 Å². The van der Waals surface area contributed by atoms with Gasteiger partial charge in [0.25, 0.3) is 0 Å². The van der Waals surface area contributed by atoms with Crippen LogP contribution in [0.1, 0.15) is 24.0 Å². The van der Waals surface area contributed by atoms with Gasteiger partial charge in [-0.05, 0) is 30.4 Å². The molecule has 0 radical (unpaired) electrons. The molecule has 0 spiro atoms. The molecule has 9 nitrogen and oxygen atoms in total. The summed E-state index contributed by atoms with van der Waals surface area (Å²) in [7, 11) is 0. The Balaban J connectivity index is 1.51. The molecule has 0 aromatic heterocycles. The molecule has 0 saturated carbocycles. The van der Waals surface area contributed by atoms with E-state index < -0.39 is 35.9 Å². The molecular weight excluding hydrogens is 436 g/mol. The van der Waals surface area contributed by atoms with Gasteiger partial charge in [0.1, 0.15) is 12.1 Å². The van der Waals surface area contributed by atoms with Crippen LogP contribution in [-0.2, 0) is 32.0 Å². The van der Waals surface area contributed by atoms with E-state index in [9.17, 15) is 24.3 Å². The van der Waals surface area contributed by atoms with Crippen LogP contribution >= 0.6 is 0 Å². The Hall–Kier alpha value is -3.72. The predicted molar refractivity (Wildman–Crippen MR) is 126 cm³/mol. The van der Waals surface area contributed by atoms with Crippen molar-refractivity contribution >= 4 is 23.7 Å². The van der Waals surface area contributed by atoms with Crippen molar-refractivity contribution < 1.29 is 24.3 Å². The van der Waals surface area contributed by atoms with Crippen molar-refractivity contribution in [1.29, 1.82) is 0 Å². The number of amides is 3. The Bertz CT molecular complexity index is 999. The zero-order valence-corrected chi connectivity index (χ0v) is 18.9. The van der Waals surface area contributed by atoms with E-state index in [2.05, 4.69) is 10.6 Å². The molecule has 1 heterocycles. The molecule has 34 heavy (non-hydrogen) atoms. The number of likely N-dealkylation sites (tertiary alicyclic amines) is 1. The van der Waals surface area contributed by atoms with Crippen LogP contribution in [0.15, 0.2) is 60.7 Å². The topological polar surface area (TPSA) is 142 Å². The molecule has 2 aromatic rings. The average molecular weight is 467 g/mol. The van der Waals surface area contributed by atoms with Crippen molar-refractivity contribution in [1.82, 2.24) is 15.5 Å². The molecule has 180 valence electrons. The van der Waals surface area contributed by atoms with E-state index in [1.807, 2.05) is 36.4 Å². The zero-order chi connectivity index (χ0) is 24.5. The molecule has 1 aliphatic heterocycles. The summed E-state index contributed by atoms with van der Waals surface area (Å²) in [6.45, 7) is 0.0375. The summed E-state index contributed by atoms with van der Waals surface area (Å²) >= 11 is 0. The van der Waals surface area contributed by atoms with Gasteiger partial charge in [0.05, 0.1) is 12.6 Å². The second-order valence-electron chi connectivity index (χ2n) is 8.35. The monoisotopic (exact) mass is 466 g/mol. The molecule has 1 aliphatic rings. The third kappa shape index (κ3) is 6.89. The van der Waals surface area contributed by atoms with Crippen LogP contribution in [0.5, 0.6) is 0 Å². The normalized spacial score (nSPS) is 17.0. The molecule has 3 rings (SSSR count). The fourth-order valence-corrected chi connectivity index (χ4v) is 4.05. The number of nitrogens with two attached hydrogens (primary N) is 1. The molecule has 3 atom stereocenters. The average Bonchev–Trinajstić information content (AvgIpc) is 3.33. The number of nitrogens with one attached hydrogen (secondary N) is 2. The van der Waals surface area contributed by atoms with Crippen molar-refractivity contribution in [2.75, 3.05) is 13.1 Å². The number of carbonyl (C=O) groups excluding carboxylic acids is 3. The standard InChI is InChI=1S/C25H30N4O5/c26-19(14-17-8-3-1-4-9-17)24(32)29-13-7-12-21(29)23(31)27-16-22(30)28-20(25(33)34)15-18-10-5-2-6-11-18/h1-6,8-11,19-21H,7,12-16,26H2,(H,27,31)(H,28,30)(H,33,34). The maximum atomic E-state index is 12.9. The van der Waals surface area contributed by atoms with E-state index in [1.54, 1.807) is 24.3 Å². The maximum Gasteiger partial charge on any atom is 0.326 e. The van der Waals surface area contributed by atoms with E-state index in [0.717, 1.165) is 11.1 Å². The third-order valence-electron chi connectivity index (χ3n) is 5.79. The minimum absolute atomic E-state index is 0.125. The van der Waals surface area contributed by atoms with Crippen molar-refractivity contribution in [3.8, 4) is 0 Å². The summed E-state index contributed by atoms with van der Waals surface area (Å²) in [5, 5.41) is 14.4. The Morgan fingerprint density at radius 1 is 0.971 bits per heavy atom. The van der Waals surface area contributed by atoms with Gasteiger partial charge in [0.2, 0.25) is 17.7 Å². The van der Waals surface area contributed by atoms with E-state index in [4.69, 9.17) is 5.73 Å². The first-order chi connectivity index (χ1) is 16.3. The van der Waals surface area contributed by atoms with Gasteiger partial charge in [-0.15, -0.1) is 0 Å². The second-order valence-corrected chi connectivity index (χ2v) is 8.35. The number of hydrogen-bond acceptors (Lipinski definition) is 5. The zero-order valence-electron chi connectivity index (χ0n) is 18.9. The number of benzene rings is 2. The van der Waals surface area contributed by atoms with Crippen molar-refractivity contribution in [2.45, 2.75) is 43.8 Å². The summed E-state index contributed by atoms with van der Waals surface area (Å²) in [5.74, 6) is -2.54. The largest absolute Gasteiger partial charge is 0.480 e. The molecule has 0 aliphatic carbocycles. The highest BCUT2D eigenvalue weighted by molar-refractivity contribution is 5.93. The lowest BCUT2D eigenvalue weighted by molar-refractivity contribution is -0.142. The number of nitrogens with zero attached hydrogens (tertiary/aromatic N) is 1. The van der Waals surface area contributed by atoms with Gasteiger partial charge in [-0.2, -0.15) is 0 Å². The number of carbonyl (C=O) groups is 4. The Morgan fingerprint density at radius 2 is 1.56 bits per heavy atom. The predicted octanol–water partition coefficient (Wildman–Crippen LogP) is 0.476. The van der Waals surface area contributed by atoms with Gasteiger partial charge in [-0.1, -0.05) is 60.7 Å². The number of carboxylic acid groups (broad SMARTS) is 1. The summed E-state index contributed by atoms with van der Waals surface area (Å²) < 4.78 is 0. The fourth-order valence-electron chi connectivity index (χ4n) is 4.05. The minimum Gasteiger partial charge on any atom is -0.480 e. The lowest BCUT2D eigenvalue weighted by atomic mass is 10.1. The third-order valence-corrected chi connectivity index (χ3v) is 5.79. The van der Waals surface area contributed by atoms with Crippen LogP contribution in [0.2, 0.25) is 0 Å². The highest BCUT2D eigenvalue weighted by Gasteiger charge is 2.36. The molecule has 0 bridgehead atoms. The van der Waals surface area contributed by atoms with Crippen LogP contribution < -0.4 is 16.4 Å². The van der Waals surface area contributed by atoms with Gasteiger partial charge in [-0.25, -0.2) is 4.79 Å². The van der Waals surface area contributed by atoms with Crippen molar-refractivity contribution in [3.63, 3.8) is 0 Å². The van der Waals surface area contributed by atoms with Gasteiger partial charge in [0, 0.05) is 13.0 Å². The number of carboxylic acids is 1. The highest BCUT2D eigenvalue weighted by Crippen LogP contribution is 2.19. The Kier molecular flexibility index (Phi) is 8.75. The van der Waals surface area contributed by atoms with Crippen LogP contribution in [-0.4, -0.2) is 64.9 Å². The minimum atomic E-state index is -1.16. The molecule has 5 N–H and O–H groups in total. The lowest BCUT2D eigenvalue weighted by Crippen LogP contribution is -2.53. The van der Waals surface area contributed by atoms with Crippen LogP contribution in [0.4, 0.5) is 0 Å². The molecular formula is C25H30N4O5. The quantitative estimate of drug-likeness (QED) is 0.401. The van der Waals surface area contributed by atoms with Gasteiger partial charge in [0.15, 0.2) is 0 Å². The van der Waals surface area contributed by atoms with E-state index in [-0.39, 0.29) is 18.9 Å². The van der Waals surface area contributed by atoms with E-state index in [1.165, 1.54) is 4.90 Å². The van der Waals surface area contributed by atoms with Crippen LogP contribution in [0.3, 0.4) is 0 Å². The molecule has 1 saturated heterocycles. The van der Waals surface area contributed by atoms with Crippen molar-refractivity contribution in [3.05, 3.63) is 71.8 Å². The summed E-state index contributed by atoms with van der Waals surface area (Å²) in [6.07, 6.45) is 1.63. The SMILES string of the molecule is NC(Cc1ccccc1)C(=O)N1CCCC1C(=O)NCC(=O)NC(Cc1ccccc1)C(=O)O.